The lowest BCUT2D eigenvalue weighted by Gasteiger charge is -2.38. The Morgan fingerprint density at radius 1 is 1.00 bits per heavy atom. The van der Waals surface area contributed by atoms with Crippen molar-refractivity contribution in [3.05, 3.63) is 47.3 Å². The van der Waals surface area contributed by atoms with Gasteiger partial charge >= 0.3 is 6.18 Å². The van der Waals surface area contributed by atoms with Gasteiger partial charge in [-0.25, -0.2) is 9.97 Å². The van der Waals surface area contributed by atoms with Crippen LogP contribution in [-0.4, -0.2) is 36.4 Å². The summed E-state index contributed by atoms with van der Waals surface area (Å²) in [4.78, 5) is 9.00. The Bertz CT molecular complexity index is 1230. The topological polar surface area (TPSA) is 91.5 Å². The Balaban J connectivity index is 1.49. The molecule has 2 aliphatic heterocycles. The Morgan fingerprint density at radius 2 is 1.70 bits per heavy atom. The Kier molecular flexibility index (Phi) is 5.00. The van der Waals surface area contributed by atoms with Crippen LogP contribution in [0.4, 0.5) is 24.7 Å². The van der Waals surface area contributed by atoms with Gasteiger partial charge in [-0.15, -0.1) is 0 Å². The van der Waals surface area contributed by atoms with Crippen molar-refractivity contribution < 1.29 is 27.4 Å². The fraction of sp³-hybridized carbons (Fsp3) is 0.391. The van der Waals surface area contributed by atoms with Crippen LogP contribution in [0.5, 0.6) is 11.5 Å². The zero-order valence-electron chi connectivity index (χ0n) is 18.1. The van der Waals surface area contributed by atoms with E-state index in [9.17, 15) is 13.2 Å². The van der Waals surface area contributed by atoms with Crippen molar-refractivity contribution >= 4 is 22.4 Å². The highest BCUT2D eigenvalue weighted by molar-refractivity contribution is 5.92. The minimum absolute atomic E-state index is 0.0435. The van der Waals surface area contributed by atoms with Crippen molar-refractivity contribution in [3.63, 3.8) is 0 Å². The second-order valence-corrected chi connectivity index (χ2v) is 8.76. The van der Waals surface area contributed by atoms with Crippen molar-refractivity contribution in [2.75, 3.05) is 37.5 Å². The first-order valence-corrected chi connectivity index (χ1v) is 10.5. The van der Waals surface area contributed by atoms with Crippen LogP contribution in [0.3, 0.4) is 0 Å². The van der Waals surface area contributed by atoms with Crippen LogP contribution >= 0.6 is 0 Å². The summed E-state index contributed by atoms with van der Waals surface area (Å²) < 4.78 is 57.1. The fourth-order valence-electron chi connectivity index (χ4n) is 4.03. The van der Waals surface area contributed by atoms with E-state index >= 15 is 0 Å². The fourth-order valence-corrected chi connectivity index (χ4v) is 4.03. The molecule has 3 aromatic rings. The maximum Gasteiger partial charge on any atom is 0.416 e. The molecule has 1 fully saturated rings. The van der Waals surface area contributed by atoms with Crippen molar-refractivity contribution in [1.82, 2.24) is 9.97 Å². The van der Waals surface area contributed by atoms with Crippen molar-refractivity contribution in [2.45, 2.75) is 26.1 Å². The number of nitrogens with zero attached hydrogens (tertiary/aromatic N) is 2. The number of nitrogens with one attached hydrogen (secondary N) is 1. The Morgan fingerprint density at radius 3 is 2.33 bits per heavy atom. The van der Waals surface area contributed by atoms with Gasteiger partial charge in [0.15, 0.2) is 11.5 Å². The number of rotatable bonds is 3. The van der Waals surface area contributed by atoms with Crippen LogP contribution < -0.4 is 20.5 Å². The number of halogens is 3. The predicted octanol–water partition coefficient (Wildman–Crippen LogP) is 4.50. The summed E-state index contributed by atoms with van der Waals surface area (Å²) >= 11 is 0. The molecule has 5 rings (SSSR count). The molecule has 174 valence electrons. The number of benzene rings is 2. The molecule has 0 amide bonds. The average Bonchev–Trinajstić information content (AvgIpc) is 2.91. The monoisotopic (exact) mass is 460 g/mol. The Hall–Kier alpha value is -3.27. The number of aromatic nitrogens is 2. The smallest absolute Gasteiger partial charge is 0.416 e. The van der Waals surface area contributed by atoms with Gasteiger partial charge in [-0.3, -0.25) is 0 Å². The van der Waals surface area contributed by atoms with Gasteiger partial charge < -0.3 is 25.3 Å². The highest BCUT2D eigenvalue weighted by Gasteiger charge is 2.42. The summed E-state index contributed by atoms with van der Waals surface area (Å²) in [6.07, 6.45) is -4.49. The van der Waals surface area contributed by atoms with E-state index in [0.29, 0.717) is 66.0 Å². The SMILES string of the molecule is Cc1nc(N[C@H](C)c2cc(N)cc(C(F)(F)F)c2)c2cc3c(cc2n1)OCC1(COC1)CO3. The van der Waals surface area contributed by atoms with E-state index in [0.717, 1.165) is 12.1 Å². The summed E-state index contributed by atoms with van der Waals surface area (Å²) in [6, 6.07) is 6.64. The molecule has 33 heavy (non-hydrogen) atoms. The summed E-state index contributed by atoms with van der Waals surface area (Å²) in [6.45, 7) is 5.65. The molecule has 10 heteroatoms. The van der Waals surface area contributed by atoms with Gasteiger partial charge in [0.2, 0.25) is 0 Å². The maximum atomic E-state index is 13.2. The van der Waals surface area contributed by atoms with Crippen molar-refractivity contribution in [2.24, 2.45) is 5.41 Å². The summed E-state index contributed by atoms with van der Waals surface area (Å²) in [5, 5.41) is 3.89. The zero-order valence-corrected chi connectivity index (χ0v) is 18.1. The van der Waals surface area contributed by atoms with Gasteiger partial charge in [0.1, 0.15) is 24.9 Å². The first kappa shape index (κ1) is 21.6. The average molecular weight is 460 g/mol. The molecule has 1 atom stereocenters. The van der Waals surface area contributed by atoms with Crippen molar-refractivity contribution in [3.8, 4) is 11.5 Å². The maximum absolute atomic E-state index is 13.2. The van der Waals surface area contributed by atoms with Gasteiger partial charge in [-0.05, 0) is 43.7 Å². The molecule has 7 nitrogen and oxygen atoms in total. The Labute approximate surface area is 188 Å². The lowest BCUT2D eigenvalue weighted by molar-refractivity contribution is -0.143. The van der Waals surface area contributed by atoms with E-state index in [-0.39, 0.29) is 11.1 Å². The molecule has 3 N–H and O–H groups in total. The van der Waals surface area contributed by atoms with E-state index in [4.69, 9.17) is 19.9 Å². The molecular weight excluding hydrogens is 437 g/mol. The highest BCUT2D eigenvalue weighted by atomic mass is 19.4. The molecule has 2 aromatic carbocycles. The second kappa shape index (κ2) is 7.65. The normalized spacial score (nSPS) is 18.0. The largest absolute Gasteiger partial charge is 0.489 e. The molecule has 1 saturated heterocycles. The van der Waals surface area contributed by atoms with Crippen LogP contribution in [0.15, 0.2) is 30.3 Å². The quantitative estimate of drug-likeness (QED) is 0.556. The zero-order chi connectivity index (χ0) is 23.4. The van der Waals surface area contributed by atoms with E-state index in [1.54, 1.807) is 26.0 Å². The highest BCUT2D eigenvalue weighted by Crippen LogP contribution is 2.41. The number of anilines is 2. The molecule has 0 unspecified atom stereocenters. The molecule has 1 spiro atoms. The number of alkyl halides is 3. The van der Waals surface area contributed by atoms with Gasteiger partial charge in [-0.2, -0.15) is 13.2 Å². The molecule has 0 aliphatic carbocycles. The van der Waals surface area contributed by atoms with Gasteiger partial charge in [0, 0.05) is 17.1 Å². The van der Waals surface area contributed by atoms with E-state index < -0.39 is 17.8 Å². The van der Waals surface area contributed by atoms with E-state index in [2.05, 4.69) is 15.3 Å². The van der Waals surface area contributed by atoms with Crippen molar-refractivity contribution in [1.29, 1.82) is 0 Å². The van der Waals surface area contributed by atoms with Crippen LogP contribution in [0.1, 0.15) is 29.9 Å². The molecule has 0 saturated carbocycles. The summed E-state index contributed by atoms with van der Waals surface area (Å²) in [7, 11) is 0. The third-order valence-electron chi connectivity index (χ3n) is 5.92. The molecule has 2 aliphatic rings. The van der Waals surface area contributed by atoms with Gasteiger partial charge in [-0.1, -0.05) is 0 Å². The number of nitrogens with two attached hydrogens (primary N) is 1. The van der Waals surface area contributed by atoms with Gasteiger partial charge in [0.25, 0.3) is 0 Å². The molecule has 0 radical (unpaired) electrons. The molecule has 0 bridgehead atoms. The molecule has 1 aromatic heterocycles. The number of fused-ring (bicyclic) bond motifs is 2. The van der Waals surface area contributed by atoms with E-state index in [1.165, 1.54) is 6.07 Å². The third kappa shape index (κ3) is 4.10. The first-order valence-electron chi connectivity index (χ1n) is 10.5. The summed E-state index contributed by atoms with van der Waals surface area (Å²) in [5.74, 6) is 2.16. The van der Waals surface area contributed by atoms with Crippen LogP contribution in [-0.2, 0) is 10.9 Å². The van der Waals surface area contributed by atoms with E-state index in [1.807, 2.05) is 0 Å². The lowest BCUT2D eigenvalue weighted by atomic mass is 9.88. The van der Waals surface area contributed by atoms with Crippen LogP contribution in [0.25, 0.3) is 10.9 Å². The minimum atomic E-state index is -4.49. The number of hydrogen-bond donors (Lipinski definition) is 2. The van der Waals surface area contributed by atoms with Gasteiger partial charge in [0.05, 0.1) is 35.8 Å². The third-order valence-corrected chi connectivity index (χ3v) is 5.92. The molecular formula is C23H23F3N4O3. The standard InChI is InChI=1S/C23H23F3N4O3/c1-12(14-3-15(23(24,25)26)5-16(27)4-14)28-21-17-6-19-20(7-18(17)29-13(2)30-21)33-11-22(10-32-19)8-31-9-22/h3-7,12H,8-11,27H2,1-2H3,(H,28,29,30)/t12-/m1/s1. The van der Waals surface area contributed by atoms with Crippen LogP contribution in [0, 0.1) is 12.3 Å². The molecule has 3 heterocycles. The number of aryl methyl sites for hydroxylation is 1. The number of nitrogen functional groups attached to an aromatic ring is 1. The summed E-state index contributed by atoms with van der Waals surface area (Å²) in [5.41, 5.74) is 5.88. The first-order chi connectivity index (χ1) is 15.6. The minimum Gasteiger partial charge on any atom is -0.489 e. The second-order valence-electron chi connectivity index (χ2n) is 8.76. The predicted molar refractivity (Wildman–Crippen MR) is 116 cm³/mol. The number of ether oxygens (including phenoxy) is 3. The number of hydrogen-bond acceptors (Lipinski definition) is 7. The lowest BCUT2D eigenvalue weighted by Crippen LogP contribution is -2.50. The van der Waals surface area contributed by atoms with Crippen LogP contribution in [0.2, 0.25) is 0 Å².